The Bertz CT molecular complexity index is 1570. The Labute approximate surface area is 242 Å². The third kappa shape index (κ3) is 8.68. The molecule has 0 aliphatic heterocycles. The van der Waals surface area contributed by atoms with E-state index < -0.39 is 40.9 Å². The van der Waals surface area contributed by atoms with Crippen molar-refractivity contribution in [3.63, 3.8) is 0 Å². The first kappa shape index (κ1) is 30.9. The summed E-state index contributed by atoms with van der Waals surface area (Å²) in [6.07, 6.45) is 0. The summed E-state index contributed by atoms with van der Waals surface area (Å²) in [5.41, 5.74) is 12.1. The van der Waals surface area contributed by atoms with Crippen molar-refractivity contribution >= 4 is 50.9 Å². The minimum absolute atomic E-state index is 0.0264. The molecule has 0 unspecified atom stereocenters. The zero-order valence-corrected chi connectivity index (χ0v) is 23.6. The van der Waals surface area contributed by atoms with Crippen LogP contribution in [0.2, 0.25) is 5.02 Å². The molecule has 3 aromatic rings. The van der Waals surface area contributed by atoms with E-state index in [4.69, 9.17) is 33.2 Å². The first-order valence-electron chi connectivity index (χ1n) is 12.1. The van der Waals surface area contributed by atoms with Crippen LogP contribution in [0, 0.1) is 5.41 Å². The van der Waals surface area contributed by atoms with Crippen molar-refractivity contribution in [2.45, 2.75) is 12.3 Å². The fourth-order valence-corrected chi connectivity index (χ4v) is 5.44. The van der Waals surface area contributed by atoms with Crippen LogP contribution in [0.5, 0.6) is 5.75 Å². The smallest absolute Gasteiger partial charge is 0.255 e. The van der Waals surface area contributed by atoms with Crippen molar-refractivity contribution in [2.24, 2.45) is 11.5 Å². The van der Waals surface area contributed by atoms with Crippen molar-refractivity contribution in [1.29, 1.82) is 5.41 Å². The van der Waals surface area contributed by atoms with Crippen molar-refractivity contribution < 1.29 is 27.5 Å². The normalized spacial score (nSPS) is 10.9. The molecule has 0 saturated carbocycles. The standard InChI is InChI=1S/C27H29ClN6O6S/c1-32-25(36)14-34(41(38,39)16-17-5-3-2-4-6-17)22-10-20(9-21(28)12-22)27(37)33-13-19-8-7-18(26(30)31)11-23(19)40-15-24(29)35/h2-12H,13-16H2,1H3,(H2,29,35)(H3,30,31)(H,32,36)(H,33,37). The van der Waals surface area contributed by atoms with E-state index in [2.05, 4.69) is 10.6 Å². The van der Waals surface area contributed by atoms with Gasteiger partial charge in [0.2, 0.25) is 15.9 Å². The Morgan fingerprint density at radius 3 is 2.34 bits per heavy atom. The van der Waals surface area contributed by atoms with Crippen LogP contribution < -0.4 is 31.1 Å². The SMILES string of the molecule is CNC(=O)CN(c1cc(Cl)cc(C(=O)NCc2ccc(C(=N)N)cc2OCC(N)=O)c1)S(=O)(=O)Cc1ccccc1. The molecule has 0 aliphatic rings. The van der Waals surface area contributed by atoms with E-state index in [0.717, 1.165) is 4.31 Å². The summed E-state index contributed by atoms with van der Waals surface area (Å²) >= 11 is 6.28. The van der Waals surface area contributed by atoms with Crippen LogP contribution in [-0.4, -0.2) is 52.2 Å². The van der Waals surface area contributed by atoms with Crippen LogP contribution in [0.15, 0.2) is 66.7 Å². The second-order valence-corrected chi connectivity index (χ2v) is 11.1. The maximum absolute atomic E-state index is 13.4. The number of hydrogen-bond donors (Lipinski definition) is 5. The number of carbonyl (C=O) groups excluding carboxylic acids is 3. The van der Waals surface area contributed by atoms with Gasteiger partial charge in [-0.3, -0.25) is 24.1 Å². The molecule has 7 N–H and O–H groups in total. The molecule has 0 heterocycles. The highest BCUT2D eigenvalue weighted by molar-refractivity contribution is 7.92. The predicted octanol–water partition coefficient (Wildman–Crippen LogP) is 1.50. The van der Waals surface area contributed by atoms with Gasteiger partial charge in [-0.2, -0.15) is 0 Å². The minimum Gasteiger partial charge on any atom is -0.483 e. The Morgan fingerprint density at radius 1 is 1.00 bits per heavy atom. The van der Waals surface area contributed by atoms with Crippen molar-refractivity contribution in [3.05, 3.63) is 94.0 Å². The van der Waals surface area contributed by atoms with Crippen LogP contribution in [0.4, 0.5) is 5.69 Å². The largest absolute Gasteiger partial charge is 0.483 e. The van der Waals surface area contributed by atoms with E-state index >= 15 is 0 Å². The number of halogens is 1. The Kier molecular flexibility index (Phi) is 10.3. The van der Waals surface area contributed by atoms with Gasteiger partial charge in [-0.1, -0.05) is 54.1 Å². The van der Waals surface area contributed by atoms with Gasteiger partial charge in [-0.25, -0.2) is 8.42 Å². The van der Waals surface area contributed by atoms with E-state index in [1.165, 1.54) is 31.3 Å². The Hall–Kier alpha value is -4.62. The number of amides is 3. The fraction of sp³-hybridized carbons (Fsp3) is 0.185. The summed E-state index contributed by atoms with van der Waals surface area (Å²) in [5, 5.41) is 12.8. The molecule has 0 aromatic heterocycles. The second-order valence-electron chi connectivity index (χ2n) is 8.79. The number of anilines is 1. The number of sulfonamides is 1. The molecule has 0 radical (unpaired) electrons. The number of primary amides is 1. The average molecular weight is 601 g/mol. The van der Waals surface area contributed by atoms with E-state index in [0.29, 0.717) is 16.7 Å². The number of nitrogens with two attached hydrogens (primary N) is 2. The van der Waals surface area contributed by atoms with Crippen LogP contribution in [0.3, 0.4) is 0 Å². The third-order valence-electron chi connectivity index (χ3n) is 5.71. The molecule has 0 atom stereocenters. The summed E-state index contributed by atoms with van der Waals surface area (Å²) in [6, 6.07) is 17.0. The quantitative estimate of drug-likeness (QED) is 0.145. The number of benzene rings is 3. The van der Waals surface area contributed by atoms with Crippen LogP contribution in [-0.2, 0) is 31.9 Å². The lowest BCUT2D eigenvalue weighted by atomic mass is 10.1. The molecule has 41 heavy (non-hydrogen) atoms. The highest BCUT2D eigenvalue weighted by Crippen LogP contribution is 2.27. The maximum Gasteiger partial charge on any atom is 0.255 e. The molecule has 3 rings (SSSR count). The molecule has 0 fully saturated rings. The number of nitrogen functional groups attached to an aromatic ring is 1. The van der Waals surface area contributed by atoms with Crippen LogP contribution >= 0.6 is 11.6 Å². The van der Waals surface area contributed by atoms with Gasteiger partial charge >= 0.3 is 0 Å². The van der Waals surface area contributed by atoms with Crippen molar-refractivity contribution in [3.8, 4) is 5.75 Å². The lowest BCUT2D eigenvalue weighted by Crippen LogP contribution is -2.40. The first-order valence-corrected chi connectivity index (χ1v) is 14.1. The topological polar surface area (TPSA) is 198 Å². The van der Waals surface area contributed by atoms with Gasteiger partial charge in [0, 0.05) is 35.3 Å². The van der Waals surface area contributed by atoms with Gasteiger partial charge in [0.1, 0.15) is 18.1 Å². The number of amidine groups is 1. The number of nitrogens with zero attached hydrogens (tertiary/aromatic N) is 1. The van der Waals surface area contributed by atoms with E-state index in [1.807, 2.05) is 0 Å². The van der Waals surface area contributed by atoms with Gasteiger partial charge in [0.05, 0.1) is 11.4 Å². The summed E-state index contributed by atoms with van der Waals surface area (Å²) in [6.45, 7) is -1.03. The molecule has 0 spiro atoms. The van der Waals surface area contributed by atoms with Gasteiger partial charge in [-0.15, -0.1) is 0 Å². The van der Waals surface area contributed by atoms with Crippen LogP contribution in [0.1, 0.15) is 27.0 Å². The minimum atomic E-state index is -4.08. The molecule has 12 nitrogen and oxygen atoms in total. The number of hydrogen-bond acceptors (Lipinski definition) is 7. The molecule has 0 aliphatic carbocycles. The number of rotatable bonds is 13. The number of ether oxygens (including phenoxy) is 1. The monoisotopic (exact) mass is 600 g/mol. The zero-order valence-electron chi connectivity index (χ0n) is 22.0. The van der Waals surface area contributed by atoms with Gasteiger partial charge < -0.3 is 26.8 Å². The first-order chi connectivity index (χ1) is 19.4. The highest BCUT2D eigenvalue weighted by Gasteiger charge is 2.26. The number of carbonyl (C=O) groups is 3. The van der Waals surface area contributed by atoms with Crippen molar-refractivity contribution in [1.82, 2.24) is 10.6 Å². The molecule has 14 heteroatoms. The summed E-state index contributed by atoms with van der Waals surface area (Å²) < 4.78 is 33.1. The molecular weight excluding hydrogens is 572 g/mol. The van der Waals surface area contributed by atoms with Gasteiger partial charge in [-0.05, 0) is 29.8 Å². The summed E-state index contributed by atoms with van der Waals surface area (Å²) in [4.78, 5) is 36.6. The number of nitrogens with one attached hydrogen (secondary N) is 3. The van der Waals surface area contributed by atoms with Crippen LogP contribution in [0.25, 0.3) is 0 Å². The molecule has 3 amide bonds. The molecular formula is C27H29ClN6O6S. The molecule has 3 aromatic carbocycles. The number of likely N-dealkylation sites (N-methyl/N-ethyl adjacent to an activating group) is 1. The van der Waals surface area contributed by atoms with Crippen molar-refractivity contribution in [2.75, 3.05) is 24.5 Å². The third-order valence-corrected chi connectivity index (χ3v) is 7.64. The predicted molar refractivity (Wildman–Crippen MR) is 155 cm³/mol. The lowest BCUT2D eigenvalue weighted by Gasteiger charge is -2.24. The molecule has 0 saturated heterocycles. The average Bonchev–Trinajstić information content (AvgIpc) is 2.93. The Morgan fingerprint density at radius 2 is 1.71 bits per heavy atom. The maximum atomic E-state index is 13.4. The van der Waals surface area contributed by atoms with E-state index in [9.17, 15) is 22.8 Å². The van der Waals surface area contributed by atoms with E-state index in [1.54, 1.807) is 42.5 Å². The summed E-state index contributed by atoms with van der Waals surface area (Å²) in [7, 11) is -2.70. The zero-order chi connectivity index (χ0) is 30.2. The van der Waals surface area contributed by atoms with E-state index in [-0.39, 0.29) is 40.2 Å². The Balaban J connectivity index is 1.89. The summed E-state index contributed by atoms with van der Waals surface area (Å²) in [5.74, 6) is -2.31. The van der Waals surface area contributed by atoms with Gasteiger partial charge in [0.15, 0.2) is 6.61 Å². The molecule has 216 valence electrons. The highest BCUT2D eigenvalue weighted by atomic mass is 35.5. The fourth-order valence-electron chi connectivity index (χ4n) is 3.70. The lowest BCUT2D eigenvalue weighted by molar-refractivity contribution is -0.120. The second kappa shape index (κ2) is 13.6. The molecule has 0 bridgehead atoms. The van der Waals surface area contributed by atoms with Gasteiger partial charge in [0.25, 0.3) is 11.8 Å².